The molecule has 1 aromatic heterocycles. The second-order valence-corrected chi connectivity index (χ2v) is 5.94. The molecule has 2 rings (SSSR count). The predicted octanol–water partition coefficient (Wildman–Crippen LogP) is 3.26. The highest BCUT2D eigenvalue weighted by Crippen LogP contribution is 2.35. The van der Waals surface area contributed by atoms with Crippen LogP contribution in [-0.4, -0.2) is 33.9 Å². The fourth-order valence-electron chi connectivity index (χ4n) is 2.14. The standard InChI is InChI=1S/C15H22BrN5O2/c1-4-6-21-15(18-19-20-21)17-10-11-8-12(16)9-13(22-3)14(11)23-7-5-2/h8-9H,4-7,10H2,1-3H3,(H,17,18,20). The number of aromatic nitrogens is 4. The van der Waals surface area contributed by atoms with Crippen molar-refractivity contribution in [2.45, 2.75) is 39.8 Å². The first-order valence-electron chi connectivity index (χ1n) is 7.68. The molecule has 0 aliphatic rings. The van der Waals surface area contributed by atoms with E-state index in [2.05, 4.69) is 50.6 Å². The summed E-state index contributed by atoms with van der Waals surface area (Å²) in [6.45, 7) is 6.11. The van der Waals surface area contributed by atoms with E-state index >= 15 is 0 Å². The number of hydrogen-bond donors (Lipinski definition) is 1. The molecule has 0 saturated heterocycles. The van der Waals surface area contributed by atoms with Crippen molar-refractivity contribution in [2.24, 2.45) is 0 Å². The Balaban J connectivity index is 2.20. The van der Waals surface area contributed by atoms with Crippen molar-refractivity contribution in [3.63, 3.8) is 0 Å². The van der Waals surface area contributed by atoms with Crippen LogP contribution in [0.2, 0.25) is 0 Å². The van der Waals surface area contributed by atoms with Gasteiger partial charge in [-0.05, 0) is 35.4 Å². The van der Waals surface area contributed by atoms with Gasteiger partial charge in [0, 0.05) is 23.1 Å². The third-order valence-electron chi connectivity index (χ3n) is 3.17. The number of anilines is 1. The topological polar surface area (TPSA) is 74.1 Å². The summed E-state index contributed by atoms with van der Waals surface area (Å²) in [7, 11) is 1.64. The van der Waals surface area contributed by atoms with Gasteiger partial charge in [0.15, 0.2) is 11.5 Å². The summed E-state index contributed by atoms with van der Waals surface area (Å²) in [4.78, 5) is 0. The zero-order valence-electron chi connectivity index (χ0n) is 13.7. The molecule has 126 valence electrons. The van der Waals surface area contributed by atoms with Gasteiger partial charge >= 0.3 is 0 Å². The van der Waals surface area contributed by atoms with Gasteiger partial charge in [-0.2, -0.15) is 0 Å². The highest BCUT2D eigenvalue weighted by Gasteiger charge is 2.14. The Morgan fingerprint density at radius 2 is 2.09 bits per heavy atom. The largest absolute Gasteiger partial charge is 0.493 e. The minimum absolute atomic E-state index is 0.541. The molecule has 0 aliphatic carbocycles. The molecule has 8 heteroatoms. The van der Waals surface area contributed by atoms with Gasteiger partial charge in [-0.15, -0.1) is 0 Å². The number of nitrogens with zero attached hydrogens (tertiary/aromatic N) is 4. The van der Waals surface area contributed by atoms with E-state index in [-0.39, 0.29) is 0 Å². The summed E-state index contributed by atoms with van der Waals surface area (Å²) >= 11 is 3.51. The third-order valence-corrected chi connectivity index (χ3v) is 3.63. The lowest BCUT2D eigenvalue weighted by atomic mass is 10.2. The quantitative estimate of drug-likeness (QED) is 0.716. The number of nitrogens with one attached hydrogen (secondary N) is 1. The highest BCUT2D eigenvalue weighted by molar-refractivity contribution is 9.10. The molecule has 0 unspecified atom stereocenters. The number of ether oxygens (including phenoxy) is 2. The van der Waals surface area contributed by atoms with E-state index in [1.54, 1.807) is 11.8 Å². The maximum Gasteiger partial charge on any atom is 0.243 e. The molecule has 1 aromatic carbocycles. The SMILES string of the molecule is CCCOc1c(CNc2nnnn2CCC)cc(Br)cc1OC. The maximum absolute atomic E-state index is 5.87. The molecule has 0 atom stereocenters. The molecule has 1 heterocycles. The summed E-state index contributed by atoms with van der Waals surface area (Å²) in [5, 5.41) is 15.0. The number of hydrogen-bond acceptors (Lipinski definition) is 6. The van der Waals surface area contributed by atoms with Crippen LogP contribution < -0.4 is 14.8 Å². The monoisotopic (exact) mass is 383 g/mol. The number of halogens is 1. The van der Waals surface area contributed by atoms with Gasteiger partial charge in [0.05, 0.1) is 13.7 Å². The Labute approximate surface area is 144 Å². The molecule has 23 heavy (non-hydrogen) atoms. The molecule has 0 radical (unpaired) electrons. The maximum atomic E-state index is 5.87. The third kappa shape index (κ3) is 4.57. The molecule has 2 aromatic rings. The number of aryl methyl sites for hydroxylation is 1. The Kier molecular flexibility index (Phi) is 6.64. The predicted molar refractivity (Wildman–Crippen MR) is 91.9 cm³/mol. The summed E-state index contributed by atoms with van der Waals surface area (Å²) in [5.74, 6) is 2.10. The van der Waals surface area contributed by atoms with Crippen molar-refractivity contribution in [1.82, 2.24) is 20.2 Å². The van der Waals surface area contributed by atoms with E-state index in [4.69, 9.17) is 9.47 Å². The van der Waals surface area contributed by atoms with Gasteiger partial charge in [0.1, 0.15) is 0 Å². The van der Waals surface area contributed by atoms with Crippen LogP contribution in [0.15, 0.2) is 16.6 Å². The lowest BCUT2D eigenvalue weighted by Crippen LogP contribution is -2.10. The fourth-order valence-corrected chi connectivity index (χ4v) is 2.63. The summed E-state index contributed by atoms with van der Waals surface area (Å²) in [6.07, 6.45) is 1.90. The Bertz CT molecular complexity index is 632. The molecule has 0 aliphatic heterocycles. The van der Waals surface area contributed by atoms with Gasteiger partial charge in [-0.3, -0.25) is 0 Å². The molecule has 0 bridgehead atoms. The van der Waals surface area contributed by atoms with Crippen LogP contribution in [0.5, 0.6) is 11.5 Å². The molecule has 0 amide bonds. The Morgan fingerprint density at radius 1 is 1.26 bits per heavy atom. The van der Waals surface area contributed by atoms with Gasteiger partial charge in [0.25, 0.3) is 0 Å². The Hall–Kier alpha value is -1.83. The molecular weight excluding hydrogens is 362 g/mol. The Morgan fingerprint density at radius 3 is 2.78 bits per heavy atom. The first-order chi connectivity index (χ1) is 11.2. The number of methoxy groups -OCH3 is 1. The van der Waals surface area contributed by atoms with Gasteiger partial charge in [-0.25, -0.2) is 4.68 Å². The second-order valence-electron chi connectivity index (χ2n) is 5.02. The average molecular weight is 384 g/mol. The zero-order chi connectivity index (χ0) is 16.7. The van der Waals surface area contributed by atoms with Gasteiger partial charge < -0.3 is 14.8 Å². The van der Waals surface area contributed by atoms with E-state index in [1.165, 1.54) is 0 Å². The van der Waals surface area contributed by atoms with E-state index in [1.807, 2.05) is 12.1 Å². The van der Waals surface area contributed by atoms with Crippen molar-refractivity contribution < 1.29 is 9.47 Å². The molecule has 0 spiro atoms. The van der Waals surface area contributed by atoms with E-state index in [0.29, 0.717) is 24.8 Å². The minimum atomic E-state index is 0.541. The van der Waals surface area contributed by atoms with Crippen molar-refractivity contribution in [1.29, 1.82) is 0 Å². The first kappa shape index (κ1) is 17.5. The summed E-state index contributed by atoms with van der Waals surface area (Å²) in [5.41, 5.74) is 0.982. The lowest BCUT2D eigenvalue weighted by Gasteiger charge is -2.16. The van der Waals surface area contributed by atoms with Crippen LogP contribution in [0.4, 0.5) is 5.95 Å². The van der Waals surface area contributed by atoms with Gasteiger partial charge in [-0.1, -0.05) is 34.9 Å². The molecule has 0 fully saturated rings. The van der Waals surface area contributed by atoms with Crippen LogP contribution in [0.25, 0.3) is 0 Å². The molecule has 0 saturated carbocycles. The molecule has 7 nitrogen and oxygen atoms in total. The molecular formula is C15H22BrN5O2. The highest BCUT2D eigenvalue weighted by atomic mass is 79.9. The van der Waals surface area contributed by atoms with Crippen molar-refractivity contribution in [3.8, 4) is 11.5 Å². The number of tetrazole rings is 1. The fraction of sp³-hybridized carbons (Fsp3) is 0.533. The van der Waals surface area contributed by atoms with Crippen LogP contribution >= 0.6 is 15.9 Å². The van der Waals surface area contributed by atoms with E-state index in [0.717, 1.165) is 35.2 Å². The van der Waals surface area contributed by atoms with E-state index in [9.17, 15) is 0 Å². The van der Waals surface area contributed by atoms with Crippen LogP contribution in [0.1, 0.15) is 32.3 Å². The number of rotatable bonds is 9. The van der Waals surface area contributed by atoms with Crippen molar-refractivity contribution in [2.75, 3.05) is 19.0 Å². The average Bonchev–Trinajstić information content (AvgIpc) is 2.99. The summed E-state index contributed by atoms with van der Waals surface area (Å²) < 4.78 is 14.0. The van der Waals surface area contributed by atoms with Crippen LogP contribution in [0.3, 0.4) is 0 Å². The molecule has 1 N–H and O–H groups in total. The normalized spacial score (nSPS) is 10.6. The van der Waals surface area contributed by atoms with E-state index < -0.39 is 0 Å². The van der Waals surface area contributed by atoms with Gasteiger partial charge in [0.2, 0.25) is 5.95 Å². The number of benzene rings is 1. The van der Waals surface area contributed by atoms with Crippen molar-refractivity contribution >= 4 is 21.9 Å². The minimum Gasteiger partial charge on any atom is -0.493 e. The zero-order valence-corrected chi connectivity index (χ0v) is 15.3. The first-order valence-corrected chi connectivity index (χ1v) is 8.48. The smallest absolute Gasteiger partial charge is 0.243 e. The lowest BCUT2D eigenvalue weighted by molar-refractivity contribution is 0.291. The summed E-state index contributed by atoms with van der Waals surface area (Å²) in [6, 6.07) is 3.91. The second kappa shape index (κ2) is 8.71. The van der Waals surface area contributed by atoms with Crippen LogP contribution in [0, 0.1) is 0 Å². The van der Waals surface area contributed by atoms with Crippen molar-refractivity contribution in [3.05, 3.63) is 22.2 Å². The van der Waals surface area contributed by atoms with Crippen LogP contribution in [-0.2, 0) is 13.1 Å².